The van der Waals surface area contributed by atoms with Crippen LogP contribution in [0.15, 0.2) is 35.1 Å². The first-order valence-electron chi connectivity index (χ1n) is 6.54. The molecule has 3 rings (SSSR count). The van der Waals surface area contributed by atoms with Gasteiger partial charge in [0, 0.05) is 6.07 Å². The van der Waals surface area contributed by atoms with Crippen LogP contribution < -0.4 is 5.56 Å². The number of aromatic nitrogens is 3. The lowest BCUT2D eigenvalue weighted by Crippen LogP contribution is -2.14. The highest BCUT2D eigenvalue weighted by molar-refractivity contribution is 5.83. The highest BCUT2D eigenvalue weighted by Crippen LogP contribution is 2.35. The molecule has 4 nitrogen and oxygen atoms in total. The SMILES string of the molecule is Cc1ccc(-n2nc(C)c3c(C(F)(F)F)cc(=O)[nH]c32)cc1. The first-order chi connectivity index (χ1) is 10.3. The van der Waals surface area contributed by atoms with Crippen molar-refractivity contribution in [3.63, 3.8) is 0 Å². The molecule has 114 valence electrons. The molecule has 3 aromatic rings. The fourth-order valence-corrected chi connectivity index (χ4v) is 2.42. The van der Waals surface area contributed by atoms with E-state index in [0.717, 1.165) is 5.56 Å². The minimum atomic E-state index is -4.61. The highest BCUT2D eigenvalue weighted by atomic mass is 19.4. The van der Waals surface area contributed by atoms with Gasteiger partial charge < -0.3 is 4.98 Å². The zero-order chi connectivity index (χ0) is 16.1. The summed E-state index contributed by atoms with van der Waals surface area (Å²) in [6.45, 7) is 3.39. The first kappa shape index (κ1) is 14.4. The van der Waals surface area contributed by atoms with Gasteiger partial charge in [0.1, 0.15) is 5.65 Å². The average Bonchev–Trinajstić information content (AvgIpc) is 2.75. The van der Waals surface area contributed by atoms with Gasteiger partial charge >= 0.3 is 6.18 Å². The summed E-state index contributed by atoms with van der Waals surface area (Å²) in [6.07, 6.45) is -4.61. The molecule has 0 fully saturated rings. The van der Waals surface area contributed by atoms with Crippen molar-refractivity contribution in [2.45, 2.75) is 20.0 Å². The maximum atomic E-state index is 13.2. The van der Waals surface area contributed by atoms with Crippen molar-refractivity contribution in [1.29, 1.82) is 0 Å². The van der Waals surface area contributed by atoms with Gasteiger partial charge in [-0.15, -0.1) is 0 Å². The van der Waals surface area contributed by atoms with E-state index in [1.807, 2.05) is 19.1 Å². The number of rotatable bonds is 1. The number of aromatic amines is 1. The van der Waals surface area contributed by atoms with Gasteiger partial charge in [0.25, 0.3) is 0 Å². The Morgan fingerprint density at radius 3 is 2.36 bits per heavy atom. The molecule has 0 radical (unpaired) electrons. The van der Waals surface area contributed by atoms with Crippen molar-refractivity contribution < 1.29 is 13.2 Å². The standard InChI is InChI=1S/C15H12F3N3O/c1-8-3-5-10(6-4-8)21-14-13(9(2)20-21)11(15(16,17)18)7-12(22)19-14/h3-7H,1-2H3,(H,19,22). The van der Waals surface area contributed by atoms with Gasteiger partial charge in [-0.25, -0.2) is 4.68 Å². The minimum Gasteiger partial charge on any atom is -0.306 e. The average molecular weight is 307 g/mol. The Kier molecular flexibility index (Phi) is 3.09. The molecule has 1 aromatic carbocycles. The first-order valence-corrected chi connectivity index (χ1v) is 6.54. The second-order valence-corrected chi connectivity index (χ2v) is 5.10. The summed E-state index contributed by atoms with van der Waals surface area (Å²) in [5.74, 6) is 0. The number of aryl methyl sites for hydroxylation is 2. The molecule has 0 atom stereocenters. The molecule has 0 spiro atoms. The van der Waals surface area contributed by atoms with Crippen LogP contribution in [0.3, 0.4) is 0 Å². The summed E-state index contributed by atoms with van der Waals surface area (Å²) in [6, 6.07) is 7.68. The van der Waals surface area contributed by atoms with Crippen LogP contribution in [-0.2, 0) is 6.18 Å². The predicted molar refractivity (Wildman–Crippen MR) is 76.2 cm³/mol. The van der Waals surface area contributed by atoms with Gasteiger partial charge in [-0.1, -0.05) is 17.7 Å². The molecule has 1 N–H and O–H groups in total. The summed E-state index contributed by atoms with van der Waals surface area (Å²) < 4.78 is 40.8. The van der Waals surface area contributed by atoms with E-state index in [4.69, 9.17) is 0 Å². The number of hydrogen-bond donors (Lipinski definition) is 1. The number of H-pyrrole nitrogens is 1. The molecule has 0 saturated heterocycles. The Balaban J connectivity index is 2.38. The Bertz CT molecular complexity index is 905. The van der Waals surface area contributed by atoms with Gasteiger partial charge in [-0.05, 0) is 26.0 Å². The van der Waals surface area contributed by atoms with Crippen LogP contribution in [-0.4, -0.2) is 14.8 Å². The largest absolute Gasteiger partial charge is 0.417 e. The molecule has 0 aliphatic carbocycles. The van der Waals surface area contributed by atoms with Gasteiger partial charge in [0.2, 0.25) is 5.56 Å². The number of alkyl halides is 3. The lowest BCUT2D eigenvalue weighted by atomic mass is 10.1. The summed E-state index contributed by atoms with van der Waals surface area (Å²) in [7, 11) is 0. The molecular formula is C15H12F3N3O. The van der Waals surface area contributed by atoms with E-state index in [2.05, 4.69) is 10.1 Å². The minimum absolute atomic E-state index is 0.0428. The zero-order valence-electron chi connectivity index (χ0n) is 11.8. The van der Waals surface area contributed by atoms with Crippen molar-refractivity contribution in [2.75, 3.05) is 0 Å². The Morgan fingerprint density at radius 1 is 1.14 bits per heavy atom. The third-order valence-corrected chi connectivity index (χ3v) is 3.43. The molecule has 0 amide bonds. The van der Waals surface area contributed by atoms with Crippen molar-refractivity contribution in [3.05, 3.63) is 57.5 Å². The van der Waals surface area contributed by atoms with Gasteiger partial charge in [-0.2, -0.15) is 18.3 Å². The Morgan fingerprint density at radius 2 is 1.77 bits per heavy atom. The fourth-order valence-electron chi connectivity index (χ4n) is 2.42. The molecule has 0 saturated carbocycles. The van der Waals surface area contributed by atoms with Crippen LogP contribution >= 0.6 is 0 Å². The van der Waals surface area contributed by atoms with Crippen LogP contribution in [0.1, 0.15) is 16.8 Å². The number of pyridine rings is 1. The number of nitrogens with one attached hydrogen (secondary N) is 1. The Hall–Kier alpha value is -2.57. The normalized spacial score (nSPS) is 12.0. The van der Waals surface area contributed by atoms with Crippen molar-refractivity contribution >= 4 is 11.0 Å². The van der Waals surface area contributed by atoms with Gasteiger partial charge in [0.05, 0.1) is 22.3 Å². The van der Waals surface area contributed by atoms with Crippen LogP contribution in [0, 0.1) is 13.8 Å². The van der Waals surface area contributed by atoms with Gasteiger partial charge in [-0.3, -0.25) is 4.79 Å². The van der Waals surface area contributed by atoms with E-state index in [9.17, 15) is 18.0 Å². The maximum Gasteiger partial charge on any atom is 0.417 e. The van der Waals surface area contributed by atoms with Crippen molar-refractivity contribution in [1.82, 2.24) is 14.8 Å². The van der Waals surface area contributed by atoms with E-state index in [1.54, 1.807) is 12.1 Å². The molecule has 22 heavy (non-hydrogen) atoms. The van der Waals surface area contributed by atoms with Crippen LogP contribution in [0.4, 0.5) is 13.2 Å². The summed E-state index contributed by atoms with van der Waals surface area (Å²) in [5.41, 5.74) is 0.0654. The third kappa shape index (κ3) is 2.28. The van der Waals surface area contributed by atoms with Crippen molar-refractivity contribution in [2.24, 2.45) is 0 Å². The predicted octanol–water partition coefficient (Wildman–Crippen LogP) is 3.35. The second kappa shape index (κ2) is 4.72. The quantitative estimate of drug-likeness (QED) is 0.749. The monoisotopic (exact) mass is 307 g/mol. The number of hydrogen-bond acceptors (Lipinski definition) is 2. The topological polar surface area (TPSA) is 50.7 Å². The third-order valence-electron chi connectivity index (χ3n) is 3.43. The van der Waals surface area contributed by atoms with Gasteiger partial charge in [0.15, 0.2) is 0 Å². The van der Waals surface area contributed by atoms with Crippen LogP contribution in [0.25, 0.3) is 16.7 Å². The van der Waals surface area contributed by atoms with E-state index in [1.165, 1.54) is 11.6 Å². The molecule has 0 aliphatic heterocycles. The second-order valence-electron chi connectivity index (χ2n) is 5.10. The van der Waals surface area contributed by atoms with E-state index >= 15 is 0 Å². The molecule has 2 aromatic heterocycles. The summed E-state index contributed by atoms with van der Waals surface area (Å²) in [5, 5.41) is 4.06. The van der Waals surface area contributed by atoms with E-state index in [-0.39, 0.29) is 16.7 Å². The highest BCUT2D eigenvalue weighted by Gasteiger charge is 2.35. The lowest BCUT2D eigenvalue weighted by Gasteiger charge is -2.08. The van der Waals surface area contributed by atoms with E-state index in [0.29, 0.717) is 11.8 Å². The van der Waals surface area contributed by atoms with Crippen LogP contribution in [0.2, 0.25) is 0 Å². The lowest BCUT2D eigenvalue weighted by molar-refractivity contribution is -0.136. The smallest absolute Gasteiger partial charge is 0.306 e. The molecular weight excluding hydrogens is 295 g/mol. The number of nitrogens with zero attached hydrogens (tertiary/aromatic N) is 2. The molecule has 7 heteroatoms. The number of benzene rings is 1. The fraction of sp³-hybridized carbons (Fsp3) is 0.200. The van der Waals surface area contributed by atoms with Crippen molar-refractivity contribution in [3.8, 4) is 5.69 Å². The number of halogens is 3. The summed E-state index contributed by atoms with van der Waals surface area (Å²) >= 11 is 0. The maximum absolute atomic E-state index is 13.2. The van der Waals surface area contributed by atoms with E-state index < -0.39 is 17.3 Å². The molecule has 0 aliphatic rings. The Labute approximate surface area is 123 Å². The molecule has 0 unspecified atom stereocenters. The molecule has 0 bridgehead atoms. The molecule has 2 heterocycles. The number of fused-ring (bicyclic) bond motifs is 1. The van der Waals surface area contributed by atoms with Crippen LogP contribution in [0.5, 0.6) is 0 Å². The summed E-state index contributed by atoms with van der Waals surface area (Å²) in [4.78, 5) is 14.1. The zero-order valence-corrected chi connectivity index (χ0v) is 11.8.